The number of aliphatic hydroxyl groups is 1. The molecule has 100 valence electrons. The van der Waals surface area contributed by atoms with Gasteiger partial charge < -0.3 is 14.6 Å². The van der Waals surface area contributed by atoms with Crippen LogP contribution in [0.5, 0.6) is 11.5 Å². The number of hydrogen-bond donors (Lipinski definition) is 1. The van der Waals surface area contributed by atoms with Gasteiger partial charge in [-0.1, -0.05) is 18.5 Å². The van der Waals surface area contributed by atoms with Crippen molar-refractivity contribution in [2.75, 3.05) is 32.9 Å². The van der Waals surface area contributed by atoms with Crippen LogP contribution >= 0.6 is 11.6 Å². The summed E-state index contributed by atoms with van der Waals surface area (Å²) in [6, 6.07) is 3.86. The molecule has 0 aromatic heterocycles. The zero-order valence-corrected chi connectivity index (χ0v) is 11.2. The molecule has 0 radical (unpaired) electrons. The smallest absolute Gasteiger partial charge is 0.179 e. The molecule has 0 unspecified atom stereocenters. The van der Waals surface area contributed by atoms with E-state index in [2.05, 4.69) is 11.8 Å². The van der Waals surface area contributed by atoms with Gasteiger partial charge in [0.05, 0.1) is 11.6 Å². The van der Waals surface area contributed by atoms with E-state index in [0.717, 1.165) is 18.7 Å². The SMILES string of the molecule is CCN(CCO)Cc1cc(Cl)c2c(c1)OCCO2. The molecule has 0 spiro atoms. The van der Waals surface area contributed by atoms with Crippen molar-refractivity contribution < 1.29 is 14.6 Å². The van der Waals surface area contributed by atoms with Crippen molar-refractivity contribution in [1.82, 2.24) is 4.90 Å². The van der Waals surface area contributed by atoms with Gasteiger partial charge in [0, 0.05) is 13.1 Å². The fourth-order valence-corrected chi connectivity index (χ4v) is 2.29. The third kappa shape index (κ3) is 3.07. The second-order valence-corrected chi connectivity index (χ2v) is 4.60. The van der Waals surface area contributed by atoms with Crippen LogP contribution in [0.1, 0.15) is 12.5 Å². The van der Waals surface area contributed by atoms with E-state index in [-0.39, 0.29) is 6.61 Å². The molecule has 1 heterocycles. The van der Waals surface area contributed by atoms with E-state index >= 15 is 0 Å². The molecule has 0 bridgehead atoms. The van der Waals surface area contributed by atoms with E-state index in [1.54, 1.807) is 0 Å². The van der Waals surface area contributed by atoms with Gasteiger partial charge in [-0.2, -0.15) is 0 Å². The van der Waals surface area contributed by atoms with Crippen molar-refractivity contribution >= 4 is 11.6 Å². The zero-order chi connectivity index (χ0) is 13.0. The predicted molar refractivity (Wildman–Crippen MR) is 70.5 cm³/mol. The number of ether oxygens (including phenoxy) is 2. The Labute approximate surface area is 112 Å². The molecule has 18 heavy (non-hydrogen) atoms. The first-order valence-electron chi connectivity index (χ1n) is 6.15. The molecule has 1 aliphatic rings. The number of nitrogens with zero attached hydrogens (tertiary/aromatic N) is 1. The maximum atomic E-state index is 8.98. The van der Waals surface area contributed by atoms with Crippen LogP contribution in [0.2, 0.25) is 5.02 Å². The van der Waals surface area contributed by atoms with Crippen molar-refractivity contribution in [2.24, 2.45) is 0 Å². The first-order chi connectivity index (χ1) is 8.74. The lowest BCUT2D eigenvalue weighted by Crippen LogP contribution is -2.26. The van der Waals surface area contributed by atoms with Crippen LogP contribution in [-0.4, -0.2) is 42.9 Å². The molecule has 2 rings (SSSR count). The summed E-state index contributed by atoms with van der Waals surface area (Å²) in [5, 5.41) is 9.57. The highest BCUT2D eigenvalue weighted by molar-refractivity contribution is 6.32. The van der Waals surface area contributed by atoms with E-state index in [1.807, 2.05) is 12.1 Å². The molecule has 0 amide bonds. The van der Waals surface area contributed by atoms with E-state index in [1.165, 1.54) is 0 Å². The summed E-state index contributed by atoms with van der Waals surface area (Å²) in [5.74, 6) is 1.35. The van der Waals surface area contributed by atoms with E-state index < -0.39 is 0 Å². The molecular weight excluding hydrogens is 254 g/mol. The summed E-state index contributed by atoms with van der Waals surface area (Å²) < 4.78 is 11.0. The van der Waals surface area contributed by atoms with Gasteiger partial charge in [-0.05, 0) is 24.2 Å². The Morgan fingerprint density at radius 2 is 2.11 bits per heavy atom. The fraction of sp³-hybridized carbons (Fsp3) is 0.538. The second kappa shape index (κ2) is 6.27. The summed E-state index contributed by atoms with van der Waals surface area (Å²) in [4.78, 5) is 2.14. The Morgan fingerprint density at radius 1 is 1.33 bits per heavy atom. The first kappa shape index (κ1) is 13.5. The highest BCUT2D eigenvalue weighted by Crippen LogP contribution is 2.38. The van der Waals surface area contributed by atoms with Gasteiger partial charge in [-0.25, -0.2) is 0 Å². The Hall–Kier alpha value is -0.970. The van der Waals surface area contributed by atoms with Crippen LogP contribution in [0.3, 0.4) is 0 Å². The zero-order valence-electron chi connectivity index (χ0n) is 10.5. The normalized spacial score (nSPS) is 14.0. The number of fused-ring (bicyclic) bond motifs is 1. The number of aliphatic hydroxyl groups excluding tert-OH is 1. The molecule has 1 N–H and O–H groups in total. The van der Waals surface area contributed by atoms with Gasteiger partial charge in [-0.3, -0.25) is 4.90 Å². The third-order valence-electron chi connectivity index (χ3n) is 2.93. The second-order valence-electron chi connectivity index (χ2n) is 4.19. The standard InChI is InChI=1S/C13H18ClNO3/c1-2-15(3-4-16)9-10-7-11(14)13-12(8-10)17-5-6-18-13/h7-8,16H,2-6,9H2,1H3. The van der Waals surface area contributed by atoms with Crippen molar-refractivity contribution in [3.8, 4) is 11.5 Å². The molecular formula is C13H18ClNO3. The van der Waals surface area contributed by atoms with Crippen molar-refractivity contribution in [1.29, 1.82) is 0 Å². The van der Waals surface area contributed by atoms with Gasteiger partial charge in [0.25, 0.3) is 0 Å². The Balaban J connectivity index is 2.16. The summed E-state index contributed by atoms with van der Waals surface area (Å²) in [7, 11) is 0. The Morgan fingerprint density at radius 3 is 2.83 bits per heavy atom. The lowest BCUT2D eigenvalue weighted by atomic mass is 10.1. The minimum Gasteiger partial charge on any atom is -0.486 e. The maximum absolute atomic E-state index is 8.98. The van der Waals surface area contributed by atoms with E-state index in [4.69, 9.17) is 26.2 Å². The fourth-order valence-electron chi connectivity index (χ4n) is 2.00. The Bertz CT molecular complexity index is 411. The van der Waals surface area contributed by atoms with Crippen molar-refractivity contribution in [3.05, 3.63) is 22.7 Å². The molecule has 0 atom stereocenters. The minimum atomic E-state index is 0.159. The Kier molecular flexibility index (Phi) is 4.69. The average Bonchev–Trinajstić information content (AvgIpc) is 2.38. The molecule has 1 aromatic carbocycles. The van der Waals surface area contributed by atoms with Gasteiger partial charge in [-0.15, -0.1) is 0 Å². The largest absolute Gasteiger partial charge is 0.486 e. The van der Waals surface area contributed by atoms with Crippen LogP contribution in [0, 0.1) is 0 Å². The van der Waals surface area contributed by atoms with Crippen LogP contribution in [0.15, 0.2) is 12.1 Å². The molecule has 0 saturated heterocycles. The average molecular weight is 272 g/mol. The highest BCUT2D eigenvalue weighted by atomic mass is 35.5. The molecule has 1 aromatic rings. The number of benzene rings is 1. The molecule has 4 nitrogen and oxygen atoms in total. The van der Waals surface area contributed by atoms with Crippen molar-refractivity contribution in [2.45, 2.75) is 13.5 Å². The quantitative estimate of drug-likeness (QED) is 0.889. The van der Waals surface area contributed by atoms with Gasteiger partial charge in [0.1, 0.15) is 13.2 Å². The monoisotopic (exact) mass is 271 g/mol. The minimum absolute atomic E-state index is 0.159. The van der Waals surface area contributed by atoms with Crippen molar-refractivity contribution in [3.63, 3.8) is 0 Å². The predicted octanol–water partition coefficient (Wildman–Crippen LogP) is 1.93. The lowest BCUT2D eigenvalue weighted by molar-refractivity contribution is 0.170. The molecule has 0 fully saturated rings. The summed E-state index contributed by atoms with van der Waals surface area (Å²) in [5.41, 5.74) is 1.07. The lowest BCUT2D eigenvalue weighted by Gasteiger charge is -2.23. The van der Waals surface area contributed by atoms with Crippen LogP contribution in [-0.2, 0) is 6.54 Å². The summed E-state index contributed by atoms with van der Waals surface area (Å²) >= 11 is 6.18. The van der Waals surface area contributed by atoms with Crippen LogP contribution < -0.4 is 9.47 Å². The number of hydrogen-bond acceptors (Lipinski definition) is 4. The maximum Gasteiger partial charge on any atom is 0.179 e. The highest BCUT2D eigenvalue weighted by Gasteiger charge is 2.17. The third-order valence-corrected chi connectivity index (χ3v) is 3.21. The van der Waals surface area contributed by atoms with Gasteiger partial charge >= 0.3 is 0 Å². The molecule has 0 saturated carbocycles. The number of halogens is 1. The van der Waals surface area contributed by atoms with Crippen LogP contribution in [0.25, 0.3) is 0 Å². The summed E-state index contributed by atoms with van der Waals surface area (Å²) in [6.07, 6.45) is 0. The van der Waals surface area contributed by atoms with E-state index in [0.29, 0.717) is 36.3 Å². The van der Waals surface area contributed by atoms with Gasteiger partial charge in [0.15, 0.2) is 11.5 Å². The topological polar surface area (TPSA) is 41.9 Å². The van der Waals surface area contributed by atoms with E-state index in [9.17, 15) is 0 Å². The number of likely N-dealkylation sites (N-methyl/N-ethyl adjacent to an activating group) is 1. The van der Waals surface area contributed by atoms with Crippen LogP contribution in [0.4, 0.5) is 0 Å². The van der Waals surface area contributed by atoms with Gasteiger partial charge in [0.2, 0.25) is 0 Å². The molecule has 1 aliphatic heterocycles. The summed E-state index contributed by atoms with van der Waals surface area (Å²) in [6.45, 7) is 5.60. The molecule has 0 aliphatic carbocycles. The molecule has 5 heteroatoms. The first-order valence-corrected chi connectivity index (χ1v) is 6.53. The number of rotatable bonds is 5.